The summed E-state index contributed by atoms with van der Waals surface area (Å²) in [5.41, 5.74) is 2.86. The maximum atomic E-state index is 12.5. The van der Waals surface area contributed by atoms with Crippen LogP contribution < -0.4 is 20.1 Å². The second-order valence-electron chi connectivity index (χ2n) is 9.11. The Hall–Kier alpha value is -4.49. The van der Waals surface area contributed by atoms with Crippen LogP contribution in [-0.2, 0) is 11.2 Å². The zero-order chi connectivity index (χ0) is 28.2. The van der Waals surface area contributed by atoms with Crippen molar-refractivity contribution in [3.05, 3.63) is 119 Å². The molecule has 1 atom stereocenters. The molecule has 8 heteroatoms. The highest BCUT2D eigenvalue weighted by atomic mass is 35.5. The van der Waals surface area contributed by atoms with Gasteiger partial charge in [-0.3, -0.25) is 0 Å². The summed E-state index contributed by atoms with van der Waals surface area (Å²) in [4.78, 5) is 24.5. The van der Waals surface area contributed by atoms with E-state index in [0.29, 0.717) is 35.7 Å². The Labute approximate surface area is 238 Å². The summed E-state index contributed by atoms with van der Waals surface area (Å²) in [7, 11) is 0. The van der Waals surface area contributed by atoms with E-state index in [1.807, 2.05) is 54.6 Å². The van der Waals surface area contributed by atoms with E-state index in [1.54, 1.807) is 48.5 Å². The fourth-order valence-electron chi connectivity index (χ4n) is 3.98. The number of carbonyl (C=O) groups is 2. The number of hydrogen-bond donors (Lipinski definition) is 3. The molecule has 0 saturated carbocycles. The predicted octanol–water partition coefficient (Wildman–Crippen LogP) is 6.94. The first-order chi connectivity index (χ1) is 19.5. The van der Waals surface area contributed by atoms with Gasteiger partial charge in [0.1, 0.15) is 11.8 Å². The highest BCUT2D eigenvalue weighted by molar-refractivity contribution is 6.30. The van der Waals surface area contributed by atoms with Gasteiger partial charge in [-0.2, -0.15) is 0 Å². The van der Waals surface area contributed by atoms with Crippen molar-refractivity contribution in [1.82, 2.24) is 0 Å². The van der Waals surface area contributed by atoms with Gasteiger partial charge in [0, 0.05) is 17.3 Å². The molecular formula is C32H31ClN2O5. The number of carboxylic acids is 1. The van der Waals surface area contributed by atoms with Crippen LogP contribution >= 0.6 is 11.6 Å². The normalized spacial score (nSPS) is 11.3. The summed E-state index contributed by atoms with van der Waals surface area (Å²) in [5.74, 6) is -0.469. The van der Waals surface area contributed by atoms with Crippen LogP contribution in [0.1, 0.15) is 28.8 Å². The number of benzene rings is 4. The first-order valence-corrected chi connectivity index (χ1v) is 13.4. The summed E-state index contributed by atoms with van der Waals surface area (Å²) >= 11 is 5.90. The molecule has 40 heavy (non-hydrogen) atoms. The maximum absolute atomic E-state index is 12.5. The number of ether oxygens (including phenoxy) is 2. The molecule has 0 radical (unpaired) electrons. The van der Waals surface area contributed by atoms with Crippen molar-refractivity contribution >= 4 is 34.9 Å². The summed E-state index contributed by atoms with van der Waals surface area (Å²) in [6, 6.07) is 29.8. The molecule has 0 aromatic heterocycles. The van der Waals surface area contributed by atoms with Crippen molar-refractivity contribution in [2.24, 2.45) is 0 Å². The molecule has 7 nitrogen and oxygen atoms in total. The molecule has 0 aliphatic carbocycles. The van der Waals surface area contributed by atoms with Gasteiger partial charge in [-0.1, -0.05) is 54.1 Å². The zero-order valence-corrected chi connectivity index (χ0v) is 22.6. The van der Waals surface area contributed by atoms with Gasteiger partial charge < -0.3 is 25.2 Å². The summed E-state index contributed by atoms with van der Waals surface area (Å²) in [6.07, 6.45) is 1.71. The first-order valence-electron chi connectivity index (χ1n) is 13.0. The lowest BCUT2D eigenvalue weighted by Gasteiger charge is -2.18. The van der Waals surface area contributed by atoms with Crippen LogP contribution in [0.3, 0.4) is 0 Å². The molecule has 1 unspecified atom stereocenters. The number of para-hydroxylation sites is 2. The quantitative estimate of drug-likeness (QED) is 0.0876. The number of carbonyl (C=O) groups excluding carboxylic acids is 1. The average Bonchev–Trinajstić information content (AvgIpc) is 2.98. The zero-order valence-electron chi connectivity index (χ0n) is 21.9. The number of anilines is 2. The third kappa shape index (κ3) is 8.78. The third-order valence-corrected chi connectivity index (χ3v) is 6.39. The maximum Gasteiger partial charge on any atom is 0.343 e. The van der Waals surface area contributed by atoms with E-state index in [1.165, 1.54) is 0 Å². The topological polar surface area (TPSA) is 96.9 Å². The van der Waals surface area contributed by atoms with Crippen LogP contribution in [-0.4, -0.2) is 36.2 Å². The number of halogens is 1. The van der Waals surface area contributed by atoms with Gasteiger partial charge in [-0.15, -0.1) is 0 Å². The lowest BCUT2D eigenvalue weighted by Crippen LogP contribution is -2.30. The molecule has 4 aromatic carbocycles. The Bertz CT molecular complexity index is 1380. The minimum Gasteiger partial charge on any atom is -0.494 e. The Morgan fingerprint density at radius 2 is 1.55 bits per heavy atom. The molecule has 0 amide bonds. The molecule has 206 valence electrons. The number of hydrogen-bond acceptors (Lipinski definition) is 6. The molecule has 0 spiro atoms. The fourth-order valence-corrected chi connectivity index (χ4v) is 4.10. The molecule has 0 bridgehead atoms. The van der Waals surface area contributed by atoms with E-state index in [4.69, 9.17) is 21.1 Å². The summed E-state index contributed by atoms with van der Waals surface area (Å²) in [5, 5.41) is 16.9. The summed E-state index contributed by atoms with van der Waals surface area (Å²) in [6.45, 7) is 1.34. The van der Waals surface area contributed by atoms with Crippen LogP contribution in [0.5, 0.6) is 11.5 Å². The van der Waals surface area contributed by atoms with Gasteiger partial charge in [0.15, 0.2) is 5.75 Å². The largest absolute Gasteiger partial charge is 0.494 e. The molecule has 0 aliphatic rings. The molecule has 0 heterocycles. The van der Waals surface area contributed by atoms with E-state index in [-0.39, 0.29) is 5.75 Å². The number of aliphatic carboxylic acids is 1. The highest BCUT2D eigenvalue weighted by Gasteiger charge is 2.20. The number of nitrogens with one attached hydrogen (secondary N) is 2. The highest BCUT2D eigenvalue weighted by Crippen LogP contribution is 2.26. The van der Waals surface area contributed by atoms with Crippen LogP contribution in [0.15, 0.2) is 103 Å². The van der Waals surface area contributed by atoms with Gasteiger partial charge in [-0.05, 0) is 85.5 Å². The Morgan fingerprint density at radius 3 is 2.27 bits per heavy atom. The smallest absolute Gasteiger partial charge is 0.343 e. The minimum absolute atomic E-state index is 0.271. The van der Waals surface area contributed by atoms with Crippen LogP contribution in [0, 0.1) is 0 Å². The number of rotatable bonds is 14. The number of carboxylic acid groups (broad SMARTS) is 1. The lowest BCUT2D eigenvalue weighted by molar-refractivity contribution is -0.138. The van der Waals surface area contributed by atoms with Gasteiger partial charge in [0.2, 0.25) is 0 Å². The van der Waals surface area contributed by atoms with Crippen molar-refractivity contribution < 1.29 is 24.2 Å². The third-order valence-electron chi connectivity index (χ3n) is 6.14. The van der Waals surface area contributed by atoms with Crippen LogP contribution in [0.25, 0.3) is 0 Å². The Kier molecular flexibility index (Phi) is 10.4. The molecule has 0 saturated heterocycles. The van der Waals surface area contributed by atoms with Crippen molar-refractivity contribution in [2.45, 2.75) is 25.3 Å². The van der Waals surface area contributed by atoms with Crippen LogP contribution in [0.2, 0.25) is 5.02 Å². The molecular weight excluding hydrogens is 528 g/mol. The number of aryl methyl sites for hydroxylation is 1. The predicted molar refractivity (Wildman–Crippen MR) is 158 cm³/mol. The molecule has 3 N–H and O–H groups in total. The van der Waals surface area contributed by atoms with E-state index >= 15 is 0 Å². The van der Waals surface area contributed by atoms with Crippen molar-refractivity contribution in [1.29, 1.82) is 0 Å². The van der Waals surface area contributed by atoms with Gasteiger partial charge in [-0.25, -0.2) is 9.59 Å². The fraction of sp³-hybridized carbons (Fsp3) is 0.188. The molecule has 0 fully saturated rings. The van der Waals surface area contributed by atoms with Crippen LogP contribution in [0.4, 0.5) is 11.4 Å². The molecule has 0 aliphatic heterocycles. The molecule has 4 aromatic rings. The van der Waals surface area contributed by atoms with E-state index in [9.17, 15) is 14.7 Å². The monoisotopic (exact) mass is 558 g/mol. The first kappa shape index (κ1) is 28.5. The Morgan fingerprint density at radius 1 is 0.850 bits per heavy atom. The van der Waals surface area contributed by atoms with E-state index in [2.05, 4.69) is 10.6 Å². The van der Waals surface area contributed by atoms with Gasteiger partial charge in [0.25, 0.3) is 0 Å². The SMILES string of the molecule is O=C(Oc1ccccc1NC(CCc1ccc(OCCCNc2ccc(Cl)cc2)cc1)C(=O)O)c1ccccc1. The number of esters is 1. The molecule has 4 rings (SSSR count). The minimum atomic E-state index is -0.989. The van der Waals surface area contributed by atoms with Crippen molar-refractivity contribution in [3.63, 3.8) is 0 Å². The Balaban J connectivity index is 1.25. The van der Waals surface area contributed by atoms with E-state index < -0.39 is 18.0 Å². The lowest BCUT2D eigenvalue weighted by atomic mass is 10.0. The van der Waals surface area contributed by atoms with Crippen molar-refractivity contribution in [3.8, 4) is 11.5 Å². The second-order valence-corrected chi connectivity index (χ2v) is 9.54. The van der Waals surface area contributed by atoms with Crippen molar-refractivity contribution in [2.75, 3.05) is 23.8 Å². The second kappa shape index (κ2) is 14.6. The summed E-state index contributed by atoms with van der Waals surface area (Å²) < 4.78 is 11.4. The standard InChI is InChI=1S/C32H31ClN2O5/c33-25-14-16-26(17-15-25)34-21-6-22-39-27-18-11-23(12-19-27)13-20-29(31(36)37)35-28-9-4-5-10-30(28)40-32(38)24-7-2-1-3-8-24/h1-5,7-12,14-19,29,34-35H,6,13,20-22H2,(H,36,37). The van der Waals surface area contributed by atoms with Gasteiger partial charge in [0.05, 0.1) is 17.9 Å². The van der Waals surface area contributed by atoms with Gasteiger partial charge >= 0.3 is 11.9 Å². The average molecular weight is 559 g/mol. The van der Waals surface area contributed by atoms with E-state index in [0.717, 1.165) is 30.0 Å².